The van der Waals surface area contributed by atoms with E-state index in [1.807, 2.05) is 6.20 Å². The number of unbranched alkanes of at least 4 members (excludes halogenated alkanes) is 1. The number of hydrogen-bond acceptors (Lipinski definition) is 3. The fraction of sp³-hybridized carbons (Fsp3) is 0.371. The molecule has 2 N–H and O–H groups in total. The van der Waals surface area contributed by atoms with E-state index >= 15 is 0 Å². The fourth-order valence-corrected chi connectivity index (χ4v) is 6.20. The summed E-state index contributed by atoms with van der Waals surface area (Å²) >= 11 is 0. The molecule has 0 radical (unpaired) electrons. The van der Waals surface area contributed by atoms with Gasteiger partial charge in [0, 0.05) is 24.0 Å². The SMILES string of the molecule is C=C(CCC)N(CCC)Cc1nc2c(ccc3cc4c(cc32)CCc2cc(-c3cnc(CCCC)[nH]3)ccc2-4)[nH]1. The van der Waals surface area contributed by atoms with Gasteiger partial charge in [0.15, 0.2) is 0 Å². The Bertz CT molecular complexity index is 1670. The van der Waals surface area contributed by atoms with Crippen molar-refractivity contribution in [2.24, 2.45) is 0 Å². The maximum Gasteiger partial charge on any atom is 0.126 e. The number of rotatable bonds is 11. The van der Waals surface area contributed by atoms with Crippen LogP contribution >= 0.6 is 0 Å². The van der Waals surface area contributed by atoms with Gasteiger partial charge in [-0.25, -0.2) is 9.97 Å². The molecule has 0 spiro atoms. The molecule has 0 saturated heterocycles. The number of allylic oxidation sites excluding steroid dienone is 1. The molecule has 0 aliphatic heterocycles. The van der Waals surface area contributed by atoms with E-state index in [9.17, 15) is 0 Å². The predicted molar refractivity (Wildman–Crippen MR) is 167 cm³/mol. The Hall–Kier alpha value is -3.86. The Morgan fingerprint density at radius 3 is 2.55 bits per heavy atom. The van der Waals surface area contributed by atoms with Crippen LogP contribution in [0, 0.1) is 0 Å². The highest BCUT2D eigenvalue weighted by Crippen LogP contribution is 2.39. The number of H-pyrrole nitrogens is 2. The van der Waals surface area contributed by atoms with Crippen LogP contribution in [0.15, 0.2) is 60.9 Å². The Morgan fingerprint density at radius 1 is 0.900 bits per heavy atom. The minimum Gasteiger partial charge on any atom is -0.368 e. The van der Waals surface area contributed by atoms with Gasteiger partial charge in [-0.3, -0.25) is 0 Å². The Morgan fingerprint density at radius 2 is 1.75 bits per heavy atom. The molecule has 0 atom stereocenters. The van der Waals surface area contributed by atoms with E-state index in [-0.39, 0.29) is 0 Å². The number of aromatic nitrogens is 4. The van der Waals surface area contributed by atoms with Crippen LogP contribution in [0.4, 0.5) is 0 Å². The topological polar surface area (TPSA) is 60.6 Å². The van der Waals surface area contributed by atoms with Gasteiger partial charge in [0.25, 0.3) is 0 Å². The molecule has 0 bridgehead atoms. The number of hydrogen-bond donors (Lipinski definition) is 2. The number of fused-ring (bicyclic) bond motifs is 6. The zero-order valence-corrected chi connectivity index (χ0v) is 24.2. The predicted octanol–water partition coefficient (Wildman–Crippen LogP) is 8.74. The van der Waals surface area contributed by atoms with Crippen LogP contribution in [0.1, 0.15) is 75.7 Å². The molecule has 5 nitrogen and oxygen atoms in total. The molecule has 2 aromatic heterocycles. The van der Waals surface area contributed by atoms with Crippen molar-refractivity contribution in [1.82, 2.24) is 24.8 Å². The largest absolute Gasteiger partial charge is 0.368 e. The third-order valence-corrected chi connectivity index (χ3v) is 8.33. The molecule has 40 heavy (non-hydrogen) atoms. The summed E-state index contributed by atoms with van der Waals surface area (Å²) in [7, 11) is 0. The second kappa shape index (κ2) is 11.3. The van der Waals surface area contributed by atoms with Gasteiger partial charge in [-0.1, -0.05) is 58.4 Å². The summed E-state index contributed by atoms with van der Waals surface area (Å²) in [4.78, 5) is 19.2. The van der Waals surface area contributed by atoms with E-state index in [0.29, 0.717) is 0 Å². The van der Waals surface area contributed by atoms with Crippen molar-refractivity contribution in [2.45, 2.75) is 78.7 Å². The lowest BCUT2D eigenvalue weighted by molar-refractivity contribution is 0.319. The molecule has 206 valence electrons. The van der Waals surface area contributed by atoms with E-state index in [2.05, 4.69) is 89.7 Å². The third-order valence-electron chi connectivity index (χ3n) is 8.33. The first-order valence-electron chi connectivity index (χ1n) is 15.1. The Kier molecular flexibility index (Phi) is 7.46. The van der Waals surface area contributed by atoms with Crippen molar-refractivity contribution >= 4 is 21.8 Å². The lowest BCUT2D eigenvalue weighted by Crippen LogP contribution is -2.23. The minimum atomic E-state index is 0.778. The number of aromatic amines is 2. The van der Waals surface area contributed by atoms with Crippen molar-refractivity contribution in [3.05, 3.63) is 83.7 Å². The normalized spacial score (nSPS) is 12.6. The number of aryl methyl sites for hydroxylation is 3. The van der Waals surface area contributed by atoms with Crippen LogP contribution in [-0.2, 0) is 25.8 Å². The van der Waals surface area contributed by atoms with Crippen LogP contribution in [0.3, 0.4) is 0 Å². The summed E-state index contributed by atoms with van der Waals surface area (Å²) in [6.07, 6.45) is 10.7. The summed E-state index contributed by atoms with van der Waals surface area (Å²) in [5.74, 6) is 2.10. The molecule has 2 heterocycles. The highest BCUT2D eigenvalue weighted by atomic mass is 15.2. The molecular formula is C35H41N5. The summed E-state index contributed by atoms with van der Waals surface area (Å²) in [6.45, 7) is 12.8. The van der Waals surface area contributed by atoms with Crippen LogP contribution in [0.25, 0.3) is 44.2 Å². The van der Waals surface area contributed by atoms with Crippen LogP contribution in [0.5, 0.6) is 0 Å². The molecule has 5 aromatic rings. The molecule has 1 aliphatic rings. The lowest BCUT2D eigenvalue weighted by atomic mass is 9.83. The fourth-order valence-electron chi connectivity index (χ4n) is 6.20. The molecule has 0 saturated carbocycles. The number of nitrogens with one attached hydrogen (secondary N) is 2. The van der Waals surface area contributed by atoms with Crippen molar-refractivity contribution < 1.29 is 0 Å². The zero-order chi connectivity index (χ0) is 27.6. The number of imidazole rings is 2. The van der Waals surface area contributed by atoms with Gasteiger partial charge < -0.3 is 14.9 Å². The average molecular weight is 532 g/mol. The molecule has 1 aliphatic carbocycles. The molecule has 0 fully saturated rings. The summed E-state index contributed by atoms with van der Waals surface area (Å²) in [6, 6.07) is 16.1. The lowest BCUT2D eigenvalue weighted by Gasteiger charge is -2.25. The van der Waals surface area contributed by atoms with E-state index in [1.165, 1.54) is 57.1 Å². The van der Waals surface area contributed by atoms with E-state index < -0.39 is 0 Å². The van der Waals surface area contributed by atoms with Gasteiger partial charge in [0.2, 0.25) is 0 Å². The molecule has 5 heteroatoms. The molecule has 0 unspecified atom stereocenters. The quantitative estimate of drug-likeness (QED) is 0.179. The van der Waals surface area contributed by atoms with Gasteiger partial charge in [0.05, 0.1) is 29.5 Å². The van der Waals surface area contributed by atoms with Gasteiger partial charge in [-0.05, 0) is 89.6 Å². The Labute approximate surface area is 237 Å². The number of benzene rings is 3. The Balaban J connectivity index is 1.31. The number of nitrogens with zero attached hydrogens (tertiary/aromatic N) is 3. The van der Waals surface area contributed by atoms with Crippen molar-refractivity contribution in [3.8, 4) is 22.4 Å². The molecule has 3 aromatic carbocycles. The first-order chi connectivity index (χ1) is 19.6. The first-order valence-corrected chi connectivity index (χ1v) is 15.1. The van der Waals surface area contributed by atoms with Crippen LogP contribution in [0.2, 0.25) is 0 Å². The van der Waals surface area contributed by atoms with Gasteiger partial charge in [-0.15, -0.1) is 0 Å². The van der Waals surface area contributed by atoms with Gasteiger partial charge in [-0.2, -0.15) is 0 Å². The monoisotopic (exact) mass is 531 g/mol. The summed E-state index contributed by atoms with van der Waals surface area (Å²) in [5, 5.41) is 2.49. The summed E-state index contributed by atoms with van der Waals surface area (Å²) < 4.78 is 0. The highest BCUT2D eigenvalue weighted by Gasteiger charge is 2.20. The van der Waals surface area contributed by atoms with E-state index in [0.717, 1.165) is 80.0 Å². The maximum atomic E-state index is 5.12. The standard InChI is InChI=1S/C35H41N5/c1-5-8-10-33-36-21-32(38-33)27-13-15-28-24(18-27)11-12-25-20-30-26(19-29(25)28)14-16-31-35(30)39-34(37-31)22-40(17-7-3)23(4)9-6-2/h13-16,18-21H,4-12,17,22H2,1-3H3,(H,36,38)(H,37,39). The highest BCUT2D eigenvalue weighted by molar-refractivity contribution is 6.06. The zero-order valence-electron chi connectivity index (χ0n) is 24.2. The smallest absolute Gasteiger partial charge is 0.126 e. The average Bonchev–Trinajstić information content (AvgIpc) is 3.62. The maximum absolute atomic E-state index is 5.12. The van der Waals surface area contributed by atoms with Gasteiger partial charge >= 0.3 is 0 Å². The van der Waals surface area contributed by atoms with Crippen molar-refractivity contribution in [2.75, 3.05) is 6.54 Å². The van der Waals surface area contributed by atoms with Crippen molar-refractivity contribution in [1.29, 1.82) is 0 Å². The van der Waals surface area contributed by atoms with Crippen LogP contribution in [-0.4, -0.2) is 31.4 Å². The summed E-state index contributed by atoms with van der Waals surface area (Å²) in [5.41, 5.74) is 11.3. The van der Waals surface area contributed by atoms with E-state index in [4.69, 9.17) is 4.98 Å². The molecule has 6 rings (SSSR count). The molecular weight excluding hydrogens is 490 g/mol. The van der Waals surface area contributed by atoms with Crippen LogP contribution < -0.4 is 0 Å². The first kappa shape index (κ1) is 26.4. The van der Waals surface area contributed by atoms with E-state index in [1.54, 1.807) is 0 Å². The third kappa shape index (κ3) is 5.05. The second-order valence-corrected chi connectivity index (χ2v) is 11.3. The minimum absolute atomic E-state index is 0.778. The molecule has 0 amide bonds. The second-order valence-electron chi connectivity index (χ2n) is 11.3. The van der Waals surface area contributed by atoms with Gasteiger partial charge in [0.1, 0.15) is 11.6 Å². The van der Waals surface area contributed by atoms with Crippen molar-refractivity contribution in [3.63, 3.8) is 0 Å².